The van der Waals surface area contributed by atoms with Crippen molar-refractivity contribution in [3.05, 3.63) is 35.9 Å². The van der Waals surface area contributed by atoms with Gasteiger partial charge in [0.1, 0.15) is 0 Å². The smallest absolute Gasteiger partial charge is 0.157 e. The van der Waals surface area contributed by atoms with E-state index in [0.717, 1.165) is 5.56 Å². The summed E-state index contributed by atoms with van der Waals surface area (Å²) < 4.78 is 11.0. The zero-order chi connectivity index (χ0) is 13.0. The minimum Gasteiger partial charge on any atom is -0.393 e. The van der Waals surface area contributed by atoms with Gasteiger partial charge in [0.25, 0.3) is 0 Å². The van der Waals surface area contributed by atoms with Crippen LogP contribution in [0.3, 0.4) is 0 Å². The van der Waals surface area contributed by atoms with Gasteiger partial charge >= 0.3 is 0 Å². The quantitative estimate of drug-likeness (QED) is 0.848. The van der Waals surface area contributed by atoms with Gasteiger partial charge in [-0.15, -0.1) is 0 Å². The van der Waals surface area contributed by atoms with Gasteiger partial charge in [-0.2, -0.15) is 0 Å². The van der Waals surface area contributed by atoms with E-state index in [9.17, 15) is 10.2 Å². The van der Waals surface area contributed by atoms with E-state index in [4.69, 9.17) is 9.47 Å². The van der Waals surface area contributed by atoms with Crippen LogP contribution >= 0.6 is 0 Å². The number of benzene rings is 1. The second-order valence-electron chi connectivity index (χ2n) is 4.79. The van der Waals surface area contributed by atoms with Crippen LogP contribution in [-0.2, 0) is 16.1 Å². The lowest BCUT2D eigenvalue weighted by atomic mass is 9.93. The number of aliphatic hydroxyl groups excluding tert-OH is 2. The molecule has 4 nitrogen and oxygen atoms in total. The molecule has 0 aliphatic carbocycles. The van der Waals surface area contributed by atoms with Crippen molar-refractivity contribution in [1.82, 2.24) is 0 Å². The molecule has 0 saturated carbocycles. The zero-order valence-corrected chi connectivity index (χ0v) is 10.5. The van der Waals surface area contributed by atoms with E-state index < -0.39 is 12.4 Å². The van der Waals surface area contributed by atoms with Gasteiger partial charge in [-0.25, -0.2) is 0 Å². The predicted molar refractivity (Wildman–Crippen MR) is 66.8 cm³/mol. The summed E-state index contributed by atoms with van der Waals surface area (Å²) in [5.41, 5.74) is 1.10. The molecule has 1 saturated heterocycles. The Balaban J connectivity index is 1.79. The molecule has 4 unspecified atom stereocenters. The Morgan fingerprint density at radius 3 is 2.72 bits per heavy atom. The summed E-state index contributed by atoms with van der Waals surface area (Å²) in [6.07, 6.45) is -1.40. The Morgan fingerprint density at radius 2 is 2.00 bits per heavy atom. The van der Waals surface area contributed by atoms with E-state index in [2.05, 4.69) is 0 Å². The molecule has 1 aromatic rings. The van der Waals surface area contributed by atoms with E-state index in [-0.39, 0.29) is 18.4 Å². The molecule has 4 atom stereocenters. The zero-order valence-electron chi connectivity index (χ0n) is 10.5. The monoisotopic (exact) mass is 252 g/mol. The molecule has 0 spiro atoms. The summed E-state index contributed by atoms with van der Waals surface area (Å²) in [7, 11) is 0. The number of hydrogen-bond donors (Lipinski definition) is 2. The third kappa shape index (κ3) is 3.53. The van der Waals surface area contributed by atoms with Crippen molar-refractivity contribution in [2.24, 2.45) is 5.92 Å². The summed E-state index contributed by atoms with van der Waals surface area (Å²) in [6, 6.07) is 9.88. The average molecular weight is 252 g/mol. The molecule has 1 aromatic carbocycles. The number of hydrogen-bond acceptors (Lipinski definition) is 4. The molecular weight excluding hydrogens is 232 g/mol. The van der Waals surface area contributed by atoms with Crippen LogP contribution in [0.2, 0.25) is 0 Å². The van der Waals surface area contributed by atoms with Crippen LogP contribution in [0.25, 0.3) is 0 Å². The number of rotatable bonds is 4. The van der Waals surface area contributed by atoms with Crippen molar-refractivity contribution in [1.29, 1.82) is 0 Å². The summed E-state index contributed by atoms with van der Waals surface area (Å²) in [4.78, 5) is 0. The normalized spacial score (nSPS) is 32.4. The minimum atomic E-state index is -0.887. The van der Waals surface area contributed by atoms with Gasteiger partial charge in [0.15, 0.2) is 6.29 Å². The van der Waals surface area contributed by atoms with Gasteiger partial charge < -0.3 is 19.7 Å². The van der Waals surface area contributed by atoms with Crippen LogP contribution in [0.1, 0.15) is 18.9 Å². The molecule has 2 N–H and O–H groups in total. The van der Waals surface area contributed by atoms with E-state index in [1.807, 2.05) is 37.3 Å². The van der Waals surface area contributed by atoms with Crippen LogP contribution in [-0.4, -0.2) is 35.3 Å². The fourth-order valence-electron chi connectivity index (χ4n) is 2.11. The molecule has 0 bridgehead atoms. The average Bonchev–Trinajstić information content (AvgIpc) is 2.36. The fraction of sp³-hybridized carbons (Fsp3) is 0.571. The molecule has 18 heavy (non-hydrogen) atoms. The Kier molecular flexibility index (Phi) is 4.72. The Labute approximate surface area is 107 Å². The van der Waals surface area contributed by atoms with Crippen LogP contribution in [0.4, 0.5) is 0 Å². The van der Waals surface area contributed by atoms with Crippen molar-refractivity contribution in [3.8, 4) is 0 Å². The number of aliphatic hydroxyl groups is 2. The summed E-state index contributed by atoms with van der Waals surface area (Å²) in [5, 5.41) is 19.2. The topological polar surface area (TPSA) is 58.9 Å². The van der Waals surface area contributed by atoms with Crippen molar-refractivity contribution >= 4 is 0 Å². The SMILES string of the molecule is CC1C(O)CC(O)OC1COCc1ccccc1. The van der Waals surface area contributed by atoms with Gasteiger partial charge in [0.05, 0.1) is 25.4 Å². The first kappa shape index (κ1) is 13.5. The molecule has 1 heterocycles. The lowest BCUT2D eigenvalue weighted by Gasteiger charge is -2.35. The molecule has 0 amide bonds. The van der Waals surface area contributed by atoms with Gasteiger partial charge in [-0.3, -0.25) is 0 Å². The molecule has 1 fully saturated rings. The highest BCUT2D eigenvalue weighted by molar-refractivity contribution is 5.13. The fourth-order valence-corrected chi connectivity index (χ4v) is 2.11. The van der Waals surface area contributed by atoms with Crippen LogP contribution in [0.5, 0.6) is 0 Å². The van der Waals surface area contributed by atoms with E-state index in [0.29, 0.717) is 13.2 Å². The number of ether oxygens (including phenoxy) is 2. The van der Waals surface area contributed by atoms with Gasteiger partial charge in [-0.05, 0) is 5.56 Å². The highest BCUT2D eigenvalue weighted by Gasteiger charge is 2.34. The largest absolute Gasteiger partial charge is 0.393 e. The highest BCUT2D eigenvalue weighted by atomic mass is 16.6. The van der Waals surface area contributed by atoms with Crippen molar-refractivity contribution in [3.63, 3.8) is 0 Å². The maximum Gasteiger partial charge on any atom is 0.157 e. The molecule has 0 aromatic heterocycles. The lowest BCUT2D eigenvalue weighted by molar-refractivity contribution is -0.223. The third-order valence-electron chi connectivity index (χ3n) is 3.36. The Hall–Kier alpha value is -0.940. The minimum absolute atomic E-state index is 0.0239. The molecule has 4 heteroatoms. The lowest BCUT2D eigenvalue weighted by Crippen LogP contribution is -2.44. The first-order valence-corrected chi connectivity index (χ1v) is 6.30. The maximum atomic E-state index is 9.74. The van der Waals surface area contributed by atoms with Crippen LogP contribution in [0, 0.1) is 5.92 Å². The molecule has 0 radical (unpaired) electrons. The molecule has 1 aliphatic heterocycles. The maximum absolute atomic E-state index is 9.74. The second kappa shape index (κ2) is 6.29. The van der Waals surface area contributed by atoms with E-state index in [1.165, 1.54) is 0 Å². The first-order valence-electron chi connectivity index (χ1n) is 6.30. The molecule has 1 aliphatic rings. The van der Waals surface area contributed by atoms with Crippen molar-refractivity contribution in [2.75, 3.05) is 6.61 Å². The standard InChI is InChI=1S/C14H20O4/c1-10-12(15)7-14(16)18-13(10)9-17-8-11-5-3-2-4-6-11/h2-6,10,12-16H,7-9H2,1H3. The Morgan fingerprint density at radius 1 is 1.28 bits per heavy atom. The highest BCUT2D eigenvalue weighted by Crippen LogP contribution is 2.24. The third-order valence-corrected chi connectivity index (χ3v) is 3.36. The molecule has 100 valence electrons. The van der Waals surface area contributed by atoms with E-state index >= 15 is 0 Å². The first-order chi connectivity index (χ1) is 8.66. The summed E-state index contributed by atoms with van der Waals surface area (Å²) in [5.74, 6) is -0.0239. The van der Waals surface area contributed by atoms with Crippen molar-refractivity contribution < 1.29 is 19.7 Å². The van der Waals surface area contributed by atoms with Crippen LogP contribution < -0.4 is 0 Å². The van der Waals surface area contributed by atoms with Gasteiger partial charge in [0, 0.05) is 12.3 Å². The molecular formula is C14H20O4. The Bertz CT molecular complexity index is 354. The van der Waals surface area contributed by atoms with E-state index in [1.54, 1.807) is 0 Å². The second-order valence-corrected chi connectivity index (χ2v) is 4.79. The molecule has 2 rings (SSSR count). The summed E-state index contributed by atoms with van der Waals surface area (Å²) >= 11 is 0. The van der Waals surface area contributed by atoms with Crippen LogP contribution in [0.15, 0.2) is 30.3 Å². The predicted octanol–water partition coefficient (Wildman–Crippen LogP) is 1.31. The van der Waals surface area contributed by atoms with Gasteiger partial charge in [-0.1, -0.05) is 37.3 Å². The summed E-state index contributed by atoms with van der Waals surface area (Å²) in [6.45, 7) is 2.80. The van der Waals surface area contributed by atoms with Crippen molar-refractivity contribution in [2.45, 2.75) is 38.4 Å². The van der Waals surface area contributed by atoms with Gasteiger partial charge in [0.2, 0.25) is 0 Å².